The van der Waals surface area contributed by atoms with E-state index in [1.165, 1.54) is 29.2 Å². The summed E-state index contributed by atoms with van der Waals surface area (Å²) in [6.45, 7) is 0. The minimum absolute atomic E-state index is 0.0444. The van der Waals surface area contributed by atoms with Gasteiger partial charge < -0.3 is 0 Å². The van der Waals surface area contributed by atoms with Crippen molar-refractivity contribution in [3.8, 4) is 0 Å². The van der Waals surface area contributed by atoms with Crippen LogP contribution >= 0.6 is 7.92 Å². The second-order valence-electron chi connectivity index (χ2n) is 4.19. The van der Waals surface area contributed by atoms with Crippen molar-refractivity contribution in [2.24, 2.45) is 0 Å². The largest absolute Gasteiger partial charge is 0.294 e. The summed E-state index contributed by atoms with van der Waals surface area (Å²) < 4.78 is 30.8. The summed E-state index contributed by atoms with van der Waals surface area (Å²) in [5.74, 6) is 0. The molecule has 2 bridgehead atoms. The van der Waals surface area contributed by atoms with E-state index in [0.717, 1.165) is 11.7 Å². The minimum atomic E-state index is -4.08. The Morgan fingerprint density at radius 3 is 2.35 bits per heavy atom. The maximum Gasteiger partial charge on any atom is 0.294 e. The summed E-state index contributed by atoms with van der Waals surface area (Å²) in [7, 11) is -4.17. The second-order valence-corrected chi connectivity index (χ2v) is 7.85. The van der Waals surface area contributed by atoms with Gasteiger partial charge in [-0.2, -0.15) is 8.42 Å². The first-order valence-corrected chi connectivity index (χ1v) is 8.43. The molecule has 3 nitrogen and oxygen atoms in total. The SMILES string of the molecule is O=S(=O)(O)c1ccc(C2=CC3=CCP2C3)cc1. The summed E-state index contributed by atoms with van der Waals surface area (Å²) in [4.78, 5) is -0.0444. The van der Waals surface area contributed by atoms with Crippen LogP contribution in [0.4, 0.5) is 0 Å². The van der Waals surface area contributed by atoms with Gasteiger partial charge in [0.15, 0.2) is 0 Å². The first-order chi connectivity index (χ1) is 8.04. The zero-order valence-corrected chi connectivity index (χ0v) is 10.7. The maximum absolute atomic E-state index is 10.9. The van der Waals surface area contributed by atoms with Crippen LogP contribution in [0.25, 0.3) is 5.31 Å². The molecule has 2 aliphatic rings. The standard InChI is InChI=1S/C12H11O3PS/c13-17(14,15)11-3-1-10(2-4-11)12-7-9-5-6-16(12)8-9/h1-5,7H,6,8H2,(H,13,14,15). The number of benzene rings is 1. The monoisotopic (exact) mass is 266 g/mol. The molecule has 3 rings (SSSR count). The van der Waals surface area contributed by atoms with Gasteiger partial charge in [-0.1, -0.05) is 32.2 Å². The molecule has 0 fully saturated rings. The Bertz CT molecular complexity index is 626. The van der Waals surface area contributed by atoms with Crippen molar-refractivity contribution in [3.05, 3.63) is 47.6 Å². The summed E-state index contributed by atoms with van der Waals surface area (Å²) >= 11 is 0. The zero-order valence-electron chi connectivity index (χ0n) is 9.00. The summed E-state index contributed by atoms with van der Waals surface area (Å²) in [5, 5.41) is 1.35. The quantitative estimate of drug-likeness (QED) is 0.661. The van der Waals surface area contributed by atoms with Gasteiger partial charge in [-0.25, -0.2) is 0 Å². The van der Waals surface area contributed by atoms with Crippen LogP contribution in [0.1, 0.15) is 5.56 Å². The molecule has 0 aliphatic carbocycles. The van der Waals surface area contributed by atoms with E-state index in [4.69, 9.17) is 4.55 Å². The molecule has 2 aliphatic heterocycles. The molecule has 1 N–H and O–H groups in total. The van der Waals surface area contributed by atoms with Crippen LogP contribution in [0.5, 0.6) is 0 Å². The lowest BCUT2D eigenvalue weighted by molar-refractivity contribution is 0.483. The number of rotatable bonds is 2. The van der Waals surface area contributed by atoms with E-state index in [2.05, 4.69) is 12.2 Å². The van der Waals surface area contributed by atoms with Crippen molar-refractivity contribution in [2.75, 3.05) is 12.3 Å². The van der Waals surface area contributed by atoms with Crippen LogP contribution in [-0.4, -0.2) is 25.3 Å². The molecule has 1 aromatic rings. The molecule has 17 heavy (non-hydrogen) atoms. The lowest BCUT2D eigenvalue weighted by Crippen LogP contribution is -1.97. The average molecular weight is 266 g/mol. The van der Waals surface area contributed by atoms with Crippen LogP contribution in [0.15, 0.2) is 46.9 Å². The molecule has 1 unspecified atom stereocenters. The Morgan fingerprint density at radius 2 is 1.88 bits per heavy atom. The predicted molar refractivity (Wildman–Crippen MR) is 69.0 cm³/mol. The van der Waals surface area contributed by atoms with Crippen molar-refractivity contribution in [2.45, 2.75) is 4.90 Å². The first kappa shape index (κ1) is 11.1. The summed E-state index contributed by atoms with van der Waals surface area (Å²) in [5.41, 5.74) is 2.48. The fourth-order valence-electron chi connectivity index (χ4n) is 2.20. The van der Waals surface area contributed by atoms with E-state index in [-0.39, 0.29) is 12.8 Å². The van der Waals surface area contributed by atoms with E-state index < -0.39 is 10.1 Å². The third kappa shape index (κ3) is 1.97. The van der Waals surface area contributed by atoms with Gasteiger partial charge in [0, 0.05) is 0 Å². The lowest BCUT2D eigenvalue weighted by atomic mass is 10.1. The smallest absolute Gasteiger partial charge is 0.282 e. The Kier molecular flexibility index (Phi) is 2.47. The molecule has 0 saturated carbocycles. The third-order valence-corrected chi connectivity index (χ3v) is 6.36. The molecule has 5 heteroatoms. The third-order valence-electron chi connectivity index (χ3n) is 3.06. The van der Waals surface area contributed by atoms with Crippen LogP contribution in [0.2, 0.25) is 0 Å². The average Bonchev–Trinajstić information content (AvgIpc) is 2.89. The van der Waals surface area contributed by atoms with Crippen LogP contribution in [0, 0.1) is 0 Å². The number of allylic oxidation sites excluding steroid dienone is 3. The normalized spacial score (nSPS) is 22.5. The van der Waals surface area contributed by atoms with Gasteiger partial charge in [0.2, 0.25) is 0 Å². The summed E-state index contributed by atoms with van der Waals surface area (Å²) in [6, 6.07) is 6.47. The number of hydrogen-bond donors (Lipinski definition) is 1. The fourth-order valence-corrected chi connectivity index (χ4v) is 5.15. The maximum atomic E-state index is 10.9. The Morgan fingerprint density at radius 1 is 1.18 bits per heavy atom. The number of hydrogen-bond acceptors (Lipinski definition) is 2. The van der Waals surface area contributed by atoms with E-state index >= 15 is 0 Å². The van der Waals surface area contributed by atoms with Crippen molar-refractivity contribution < 1.29 is 13.0 Å². The van der Waals surface area contributed by atoms with Crippen molar-refractivity contribution in [1.29, 1.82) is 0 Å². The molecular weight excluding hydrogens is 255 g/mol. The highest BCUT2D eigenvalue weighted by Crippen LogP contribution is 2.60. The van der Waals surface area contributed by atoms with Gasteiger partial charge in [0.1, 0.15) is 0 Å². The van der Waals surface area contributed by atoms with Crippen molar-refractivity contribution >= 4 is 23.4 Å². The second kappa shape index (κ2) is 3.77. The van der Waals surface area contributed by atoms with Crippen LogP contribution in [-0.2, 0) is 10.1 Å². The van der Waals surface area contributed by atoms with E-state index in [0.29, 0.717) is 0 Å². The Hall–Kier alpha value is -0.960. The summed E-state index contributed by atoms with van der Waals surface area (Å²) in [6.07, 6.45) is 6.81. The highest BCUT2D eigenvalue weighted by molar-refractivity contribution is 7.85. The molecule has 0 radical (unpaired) electrons. The van der Waals surface area contributed by atoms with Crippen molar-refractivity contribution in [1.82, 2.24) is 0 Å². The molecule has 0 aromatic heterocycles. The van der Waals surface area contributed by atoms with E-state index in [1.807, 2.05) is 0 Å². The van der Waals surface area contributed by atoms with E-state index in [9.17, 15) is 8.42 Å². The number of fused-ring (bicyclic) bond motifs is 2. The van der Waals surface area contributed by atoms with Crippen LogP contribution in [0.3, 0.4) is 0 Å². The van der Waals surface area contributed by atoms with Gasteiger partial charge in [-0.3, -0.25) is 4.55 Å². The highest BCUT2D eigenvalue weighted by Gasteiger charge is 2.26. The predicted octanol–water partition coefficient (Wildman–Crippen LogP) is 2.71. The van der Waals surface area contributed by atoms with Crippen LogP contribution < -0.4 is 0 Å². The van der Waals surface area contributed by atoms with Gasteiger partial charge in [-0.05, 0) is 40.9 Å². The lowest BCUT2D eigenvalue weighted by Gasteiger charge is -2.12. The minimum Gasteiger partial charge on any atom is -0.282 e. The molecule has 88 valence electrons. The molecule has 0 spiro atoms. The molecule has 0 amide bonds. The topological polar surface area (TPSA) is 54.4 Å². The van der Waals surface area contributed by atoms with Gasteiger partial charge in [0.05, 0.1) is 4.90 Å². The highest BCUT2D eigenvalue weighted by atomic mass is 32.2. The Labute approximate surface area is 101 Å². The Balaban J connectivity index is 1.97. The molecular formula is C12H11O3PS. The first-order valence-electron chi connectivity index (χ1n) is 5.28. The molecule has 0 saturated heterocycles. The van der Waals surface area contributed by atoms with E-state index in [1.54, 1.807) is 12.1 Å². The van der Waals surface area contributed by atoms with Gasteiger partial charge >= 0.3 is 0 Å². The molecule has 2 heterocycles. The molecule has 1 aromatic carbocycles. The van der Waals surface area contributed by atoms with Crippen molar-refractivity contribution in [3.63, 3.8) is 0 Å². The van der Waals surface area contributed by atoms with Gasteiger partial charge in [0.25, 0.3) is 10.1 Å². The zero-order chi connectivity index (χ0) is 12.0. The molecule has 1 atom stereocenters. The fraction of sp³-hybridized carbons (Fsp3) is 0.167. The van der Waals surface area contributed by atoms with Gasteiger partial charge in [-0.15, -0.1) is 0 Å².